The van der Waals surface area contributed by atoms with Gasteiger partial charge >= 0.3 is 0 Å². The molecule has 0 unspecified atom stereocenters. The van der Waals surface area contributed by atoms with Crippen LogP contribution in [0.15, 0.2) is 42.5 Å². The number of likely N-dealkylation sites (tertiary alicyclic amines) is 2. The van der Waals surface area contributed by atoms with Crippen molar-refractivity contribution in [2.24, 2.45) is 5.92 Å². The van der Waals surface area contributed by atoms with Crippen LogP contribution in [-0.2, 0) is 20.7 Å². The molecule has 45 heavy (non-hydrogen) atoms. The molecule has 0 aromatic heterocycles. The summed E-state index contributed by atoms with van der Waals surface area (Å²) in [7, 11) is 1.67. The molecule has 244 valence electrons. The van der Waals surface area contributed by atoms with E-state index in [1.54, 1.807) is 18.0 Å². The van der Waals surface area contributed by atoms with Gasteiger partial charge in [-0.25, -0.2) is 8.78 Å². The smallest absolute Gasteiger partial charge is 0.262 e. The predicted octanol–water partition coefficient (Wildman–Crippen LogP) is 5.04. The Bertz CT molecular complexity index is 1330. The number of carbonyl (C=O) groups excluding carboxylic acids is 2. The van der Waals surface area contributed by atoms with Gasteiger partial charge in [-0.3, -0.25) is 14.5 Å². The Morgan fingerprint density at radius 3 is 2.29 bits per heavy atom. The van der Waals surface area contributed by atoms with Gasteiger partial charge in [-0.1, -0.05) is 37.3 Å². The lowest BCUT2D eigenvalue weighted by atomic mass is 9.83. The molecule has 0 bridgehead atoms. The van der Waals surface area contributed by atoms with Crippen molar-refractivity contribution in [3.63, 3.8) is 0 Å². The van der Waals surface area contributed by atoms with Crippen molar-refractivity contribution in [3.05, 3.63) is 65.0 Å². The van der Waals surface area contributed by atoms with Crippen molar-refractivity contribution in [2.45, 2.75) is 75.4 Å². The fourth-order valence-electron chi connectivity index (χ4n) is 8.13. The number of ether oxygens (including phenoxy) is 1. The Morgan fingerprint density at radius 1 is 0.956 bits per heavy atom. The number of alkyl halides is 1. The Labute approximate surface area is 266 Å². The largest absolute Gasteiger partial charge is 0.381 e. The second kappa shape index (κ2) is 13.8. The molecule has 2 amide bonds. The van der Waals surface area contributed by atoms with Gasteiger partial charge in [-0.05, 0) is 79.7 Å². The fourth-order valence-corrected chi connectivity index (χ4v) is 8.13. The number of hydrogen-bond donors (Lipinski definition) is 1. The first-order chi connectivity index (χ1) is 21.8. The van der Waals surface area contributed by atoms with E-state index in [2.05, 4.69) is 34.2 Å². The second-order valence-corrected chi connectivity index (χ2v) is 13.4. The third-order valence-corrected chi connectivity index (χ3v) is 10.9. The number of piperidine rings is 2. The van der Waals surface area contributed by atoms with E-state index in [1.165, 1.54) is 11.6 Å². The van der Waals surface area contributed by atoms with E-state index in [1.807, 2.05) is 18.2 Å². The lowest BCUT2D eigenvalue weighted by molar-refractivity contribution is -0.145. The zero-order valence-corrected chi connectivity index (χ0v) is 26.8. The van der Waals surface area contributed by atoms with E-state index in [0.29, 0.717) is 58.8 Å². The number of amides is 2. The molecule has 4 aliphatic rings. The minimum absolute atomic E-state index is 0.0168. The van der Waals surface area contributed by atoms with Crippen LogP contribution in [0.5, 0.6) is 0 Å². The van der Waals surface area contributed by atoms with E-state index >= 15 is 4.39 Å². The lowest BCUT2D eigenvalue weighted by Crippen LogP contribution is -2.53. The maximum Gasteiger partial charge on any atom is 0.262 e. The fraction of sp³-hybridized carbons (Fsp3) is 0.611. The molecule has 7 nitrogen and oxygen atoms in total. The van der Waals surface area contributed by atoms with Gasteiger partial charge in [-0.15, -0.1) is 0 Å². The molecule has 2 aromatic rings. The third kappa shape index (κ3) is 6.61. The van der Waals surface area contributed by atoms with E-state index in [0.717, 1.165) is 48.9 Å². The zero-order chi connectivity index (χ0) is 31.6. The van der Waals surface area contributed by atoms with Gasteiger partial charge in [0.1, 0.15) is 5.82 Å². The minimum atomic E-state index is -1.99. The highest BCUT2D eigenvalue weighted by Gasteiger charge is 2.56. The van der Waals surface area contributed by atoms with Crippen molar-refractivity contribution in [2.75, 3.05) is 64.4 Å². The van der Waals surface area contributed by atoms with Gasteiger partial charge < -0.3 is 19.9 Å². The number of hydrogen-bond acceptors (Lipinski definition) is 5. The first-order valence-corrected chi connectivity index (χ1v) is 17.0. The summed E-state index contributed by atoms with van der Waals surface area (Å²) < 4.78 is 37.4. The number of anilines is 1. The molecule has 4 saturated heterocycles. The molecule has 2 atom stereocenters. The highest BCUT2D eigenvalue weighted by Crippen LogP contribution is 2.44. The van der Waals surface area contributed by atoms with Gasteiger partial charge in [0.25, 0.3) is 5.91 Å². The van der Waals surface area contributed by atoms with E-state index in [-0.39, 0.29) is 36.1 Å². The van der Waals surface area contributed by atoms with Crippen LogP contribution in [0.4, 0.5) is 14.5 Å². The van der Waals surface area contributed by atoms with Gasteiger partial charge in [0.05, 0.1) is 0 Å². The SMILES string of the molecule is CCc1ccc([C@@H]2CN(C3CCOCC3)C[C@@]2(F)C(=O)N2CCC(c3ccc(F)cc3N3CCC(C(=O)NC)CC3)CC2)cc1. The summed E-state index contributed by atoms with van der Waals surface area (Å²) in [5.41, 5.74) is 2.07. The molecular formula is C36H48F2N4O3. The molecule has 2 aromatic carbocycles. The van der Waals surface area contributed by atoms with Gasteiger partial charge in [0, 0.05) is 83.1 Å². The third-order valence-electron chi connectivity index (χ3n) is 10.9. The summed E-state index contributed by atoms with van der Waals surface area (Å²) in [6.45, 7) is 6.45. The maximum absolute atomic E-state index is 17.4. The van der Waals surface area contributed by atoms with Crippen LogP contribution < -0.4 is 10.2 Å². The first-order valence-electron chi connectivity index (χ1n) is 17.0. The molecule has 9 heteroatoms. The average Bonchev–Trinajstić information content (AvgIpc) is 3.46. The molecule has 0 spiro atoms. The molecule has 6 rings (SSSR count). The van der Waals surface area contributed by atoms with Gasteiger partial charge in [0.15, 0.2) is 0 Å². The molecule has 0 saturated carbocycles. The van der Waals surface area contributed by atoms with Crippen LogP contribution in [-0.4, -0.2) is 92.9 Å². The maximum atomic E-state index is 17.4. The lowest BCUT2D eigenvalue weighted by Gasteiger charge is -2.39. The van der Waals surface area contributed by atoms with Crippen LogP contribution >= 0.6 is 0 Å². The second-order valence-electron chi connectivity index (χ2n) is 13.4. The normalized spacial score (nSPS) is 25.9. The Morgan fingerprint density at radius 2 is 1.64 bits per heavy atom. The first kappa shape index (κ1) is 31.9. The van der Waals surface area contributed by atoms with E-state index < -0.39 is 17.5 Å². The average molecular weight is 623 g/mol. The topological polar surface area (TPSA) is 65.1 Å². The number of nitrogens with one attached hydrogen (secondary N) is 1. The molecule has 4 fully saturated rings. The highest BCUT2D eigenvalue weighted by atomic mass is 19.1. The number of nitrogens with zero attached hydrogens (tertiary/aromatic N) is 3. The van der Waals surface area contributed by atoms with Crippen molar-refractivity contribution in [1.29, 1.82) is 0 Å². The summed E-state index contributed by atoms with van der Waals surface area (Å²) in [5, 5.41) is 2.75. The summed E-state index contributed by atoms with van der Waals surface area (Å²) >= 11 is 0. The van der Waals surface area contributed by atoms with Crippen LogP contribution in [0.2, 0.25) is 0 Å². The number of carbonyl (C=O) groups is 2. The Balaban J connectivity index is 1.16. The predicted molar refractivity (Wildman–Crippen MR) is 172 cm³/mol. The summed E-state index contributed by atoms with van der Waals surface area (Å²) in [6, 6.07) is 13.4. The summed E-state index contributed by atoms with van der Waals surface area (Å²) in [5.74, 6) is -0.986. The molecule has 4 heterocycles. The zero-order valence-electron chi connectivity index (χ0n) is 26.8. The van der Waals surface area contributed by atoms with Crippen LogP contribution in [0.1, 0.15) is 74.0 Å². The minimum Gasteiger partial charge on any atom is -0.381 e. The standard InChI is InChI=1S/C36H48F2N4O3/c1-3-25-4-6-27(7-5-25)32-23-42(30-14-20-45-21-15-30)24-36(32,38)35(44)41-18-10-26(11-19-41)31-9-8-29(37)22-33(31)40-16-12-28(13-17-40)34(43)39-2/h4-9,22,26,28,30,32H,3,10-21,23-24H2,1-2H3,(H,39,43)/t32-,36-/m0/s1. The van der Waals surface area contributed by atoms with Gasteiger partial charge in [-0.2, -0.15) is 0 Å². The monoisotopic (exact) mass is 622 g/mol. The summed E-state index contributed by atoms with van der Waals surface area (Å²) in [6.07, 6.45) is 5.51. The quantitative estimate of drug-likeness (QED) is 0.469. The van der Waals surface area contributed by atoms with Crippen LogP contribution in [0.3, 0.4) is 0 Å². The van der Waals surface area contributed by atoms with Crippen molar-refractivity contribution >= 4 is 17.5 Å². The molecule has 1 N–H and O–H groups in total. The van der Waals surface area contributed by atoms with Crippen LogP contribution in [0, 0.1) is 11.7 Å². The molecular weight excluding hydrogens is 574 g/mol. The number of halogens is 2. The number of benzene rings is 2. The Hall–Kier alpha value is -3.04. The number of rotatable bonds is 7. The van der Waals surface area contributed by atoms with Crippen molar-refractivity contribution < 1.29 is 23.1 Å². The number of aryl methyl sites for hydroxylation is 1. The highest BCUT2D eigenvalue weighted by molar-refractivity contribution is 5.87. The Kier molecular flexibility index (Phi) is 9.76. The molecule has 4 aliphatic heterocycles. The van der Waals surface area contributed by atoms with E-state index in [4.69, 9.17) is 4.74 Å². The molecule has 0 aliphatic carbocycles. The van der Waals surface area contributed by atoms with Crippen molar-refractivity contribution in [3.8, 4) is 0 Å². The van der Waals surface area contributed by atoms with Gasteiger partial charge in [0.2, 0.25) is 11.6 Å². The van der Waals surface area contributed by atoms with E-state index in [9.17, 15) is 14.0 Å². The molecule has 0 radical (unpaired) electrons. The van der Waals surface area contributed by atoms with Crippen molar-refractivity contribution in [1.82, 2.24) is 15.1 Å². The van der Waals surface area contributed by atoms with Crippen LogP contribution in [0.25, 0.3) is 0 Å². The summed E-state index contributed by atoms with van der Waals surface area (Å²) in [4.78, 5) is 32.5.